The summed E-state index contributed by atoms with van der Waals surface area (Å²) in [4.78, 5) is 2.71. The van der Waals surface area contributed by atoms with E-state index in [1.54, 1.807) is 0 Å². The quantitative estimate of drug-likeness (QED) is 0.832. The van der Waals surface area contributed by atoms with Crippen LogP contribution in [0.5, 0.6) is 0 Å². The van der Waals surface area contributed by atoms with Gasteiger partial charge in [-0.2, -0.15) is 0 Å². The maximum Gasteiger partial charge on any atom is 0.105 e. The molecule has 1 aromatic carbocycles. The third-order valence-electron chi connectivity index (χ3n) is 3.14. The summed E-state index contributed by atoms with van der Waals surface area (Å²) in [6.45, 7) is 4.29. The van der Waals surface area contributed by atoms with E-state index in [1.807, 2.05) is 18.2 Å². The van der Waals surface area contributed by atoms with Gasteiger partial charge in [0.2, 0.25) is 0 Å². The average Bonchev–Trinajstić information content (AvgIpc) is 3.09. The lowest BCUT2D eigenvalue weighted by Gasteiger charge is -2.23. The van der Waals surface area contributed by atoms with Crippen molar-refractivity contribution in [3.8, 4) is 0 Å². The smallest absolute Gasteiger partial charge is 0.105 e. The summed E-state index contributed by atoms with van der Waals surface area (Å²) in [5.74, 6) is 0.865. The Morgan fingerprint density at radius 3 is 2.71 bits per heavy atom. The van der Waals surface area contributed by atoms with Gasteiger partial charge in [-0.1, -0.05) is 23.8 Å². The molecule has 0 spiro atoms. The topological polar surface area (TPSA) is 29.3 Å². The lowest BCUT2D eigenvalue weighted by molar-refractivity contribution is 0.742. The molecular weight excluding hydrogens is 252 g/mol. The van der Waals surface area contributed by atoms with Crippen molar-refractivity contribution >= 4 is 34.5 Å². The highest BCUT2D eigenvalue weighted by Crippen LogP contribution is 2.32. The fourth-order valence-electron chi connectivity index (χ4n) is 1.93. The Balaban J connectivity index is 2.19. The van der Waals surface area contributed by atoms with Crippen LogP contribution in [0.15, 0.2) is 18.2 Å². The molecule has 1 aliphatic carbocycles. The lowest BCUT2D eigenvalue weighted by atomic mass is 10.2. The van der Waals surface area contributed by atoms with Gasteiger partial charge in [0.05, 0.1) is 5.02 Å². The second-order valence-corrected chi connectivity index (χ2v) is 5.36. The molecule has 0 atom stereocenters. The Bertz CT molecular complexity index is 429. The van der Waals surface area contributed by atoms with Crippen LogP contribution in [0.4, 0.5) is 5.69 Å². The molecule has 1 fully saturated rings. The zero-order chi connectivity index (χ0) is 12.4. The summed E-state index contributed by atoms with van der Waals surface area (Å²) in [6.07, 6.45) is 2.71. The Hall–Kier alpha value is -0.800. The number of nitrogens with zero attached hydrogens (tertiary/aromatic N) is 1. The molecule has 0 unspecified atom stereocenters. The van der Waals surface area contributed by atoms with Gasteiger partial charge in [0.25, 0.3) is 0 Å². The van der Waals surface area contributed by atoms with Gasteiger partial charge in [0, 0.05) is 24.3 Å². The monoisotopic (exact) mass is 268 g/mol. The molecule has 1 aliphatic rings. The maximum atomic E-state index is 6.18. The van der Waals surface area contributed by atoms with Crippen LogP contribution in [-0.2, 0) is 0 Å². The van der Waals surface area contributed by atoms with E-state index in [9.17, 15) is 0 Å². The lowest BCUT2D eigenvalue weighted by Crippen LogP contribution is -2.25. The van der Waals surface area contributed by atoms with Gasteiger partial charge in [-0.3, -0.25) is 0 Å². The molecule has 2 N–H and O–H groups in total. The Labute approximate surface area is 113 Å². The summed E-state index contributed by atoms with van der Waals surface area (Å²) >= 11 is 11.1. The second kappa shape index (κ2) is 5.23. The average molecular weight is 269 g/mol. The molecule has 0 aromatic heterocycles. The fraction of sp³-hybridized carbons (Fsp3) is 0.462. The van der Waals surface area contributed by atoms with Crippen LogP contribution in [0.3, 0.4) is 0 Å². The van der Waals surface area contributed by atoms with E-state index in [1.165, 1.54) is 12.8 Å². The number of thiocarbonyl (C=S) groups is 1. The number of nitrogens with two attached hydrogens (primary N) is 1. The van der Waals surface area contributed by atoms with Crippen LogP contribution in [0, 0.1) is 5.92 Å². The maximum absolute atomic E-state index is 6.18. The minimum atomic E-state index is 0.354. The van der Waals surface area contributed by atoms with Gasteiger partial charge >= 0.3 is 0 Å². The number of hydrogen-bond acceptors (Lipinski definition) is 2. The molecule has 0 radical (unpaired) electrons. The van der Waals surface area contributed by atoms with Gasteiger partial charge < -0.3 is 10.6 Å². The van der Waals surface area contributed by atoms with Crippen LogP contribution >= 0.6 is 23.8 Å². The van der Waals surface area contributed by atoms with Crippen molar-refractivity contribution in [3.05, 3.63) is 28.8 Å². The van der Waals surface area contributed by atoms with E-state index < -0.39 is 0 Å². The van der Waals surface area contributed by atoms with Gasteiger partial charge in [-0.15, -0.1) is 0 Å². The molecule has 0 saturated heterocycles. The fourth-order valence-corrected chi connectivity index (χ4v) is 2.44. The van der Waals surface area contributed by atoms with E-state index in [0.717, 1.165) is 30.3 Å². The number of rotatable bonds is 5. The Morgan fingerprint density at radius 1 is 1.53 bits per heavy atom. The molecule has 4 heteroatoms. The molecule has 0 heterocycles. The predicted octanol–water partition coefficient (Wildman–Crippen LogP) is 3.21. The highest BCUT2D eigenvalue weighted by atomic mass is 35.5. The van der Waals surface area contributed by atoms with Gasteiger partial charge in [0.1, 0.15) is 4.99 Å². The van der Waals surface area contributed by atoms with Crippen LogP contribution in [0.2, 0.25) is 5.02 Å². The van der Waals surface area contributed by atoms with E-state index in [0.29, 0.717) is 10.0 Å². The molecule has 92 valence electrons. The Morgan fingerprint density at radius 2 is 2.24 bits per heavy atom. The third kappa shape index (κ3) is 3.11. The number of halogens is 1. The molecule has 2 rings (SSSR count). The van der Waals surface area contributed by atoms with Crippen molar-refractivity contribution in [1.29, 1.82) is 0 Å². The molecular formula is C13H17ClN2S. The zero-order valence-electron chi connectivity index (χ0n) is 9.95. The van der Waals surface area contributed by atoms with Crippen molar-refractivity contribution in [1.82, 2.24) is 0 Å². The Kier molecular flexibility index (Phi) is 3.89. The van der Waals surface area contributed by atoms with E-state index in [-0.39, 0.29) is 0 Å². The third-order valence-corrected chi connectivity index (χ3v) is 3.67. The number of hydrogen-bond donors (Lipinski definition) is 1. The largest absolute Gasteiger partial charge is 0.389 e. The zero-order valence-corrected chi connectivity index (χ0v) is 11.5. The summed E-state index contributed by atoms with van der Waals surface area (Å²) in [6, 6.07) is 5.92. The van der Waals surface area contributed by atoms with Crippen molar-refractivity contribution in [2.24, 2.45) is 11.7 Å². The summed E-state index contributed by atoms with van der Waals surface area (Å²) in [7, 11) is 0. The first-order valence-electron chi connectivity index (χ1n) is 5.96. The molecule has 17 heavy (non-hydrogen) atoms. The van der Waals surface area contributed by atoms with Crippen LogP contribution < -0.4 is 10.6 Å². The van der Waals surface area contributed by atoms with Crippen molar-refractivity contribution in [3.63, 3.8) is 0 Å². The van der Waals surface area contributed by atoms with Gasteiger partial charge in [-0.25, -0.2) is 0 Å². The predicted molar refractivity (Wildman–Crippen MR) is 78.0 cm³/mol. The minimum Gasteiger partial charge on any atom is -0.389 e. The van der Waals surface area contributed by atoms with E-state index in [4.69, 9.17) is 29.6 Å². The highest BCUT2D eigenvalue weighted by Gasteiger charge is 2.24. The summed E-state index contributed by atoms with van der Waals surface area (Å²) in [5, 5.41) is 0.643. The van der Waals surface area contributed by atoms with Crippen molar-refractivity contribution in [2.75, 3.05) is 18.0 Å². The molecule has 1 saturated carbocycles. The minimum absolute atomic E-state index is 0.354. The molecule has 0 amide bonds. The van der Waals surface area contributed by atoms with Gasteiger partial charge in [0.15, 0.2) is 0 Å². The van der Waals surface area contributed by atoms with Crippen LogP contribution in [0.25, 0.3) is 0 Å². The summed E-state index contributed by atoms with van der Waals surface area (Å²) in [5.41, 5.74) is 7.51. The summed E-state index contributed by atoms with van der Waals surface area (Å²) < 4.78 is 0. The standard InChI is InChI=1S/C13H17ClN2S/c1-2-16(8-9-3-4-9)10-5-6-11(13(15)17)12(14)7-10/h5-7,9H,2-4,8H2,1H3,(H2,15,17). The first kappa shape index (κ1) is 12.7. The highest BCUT2D eigenvalue weighted by molar-refractivity contribution is 7.80. The first-order chi connectivity index (χ1) is 8.11. The van der Waals surface area contributed by atoms with E-state index in [2.05, 4.69) is 11.8 Å². The SMILES string of the molecule is CCN(CC1CC1)c1ccc(C(N)=S)c(Cl)c1. The van der Waals surface area contributed by atoms with Crippen molar-refractivity contribution in [2.45, 2.75) is 19.8 Å². The molecule has 2 nitrogen and oxygen atoms in total. The number of benzene rings is 1. The molecule has 0 aliphatic heterocycles. The van der Waals surface area contributed by atoms with Crippen LogP contribution in [-0.4, -0.2) is 18.1 Å². The molecule has 0 bridgehead atoms. The first-order valence-corrected chi connectivity index (χ1v) is 6.74. The number of anilines is 1. The van der Waals surface area contributed by atoms with Crippen molar-refractivity contribution < 1.29 is 0 Å². The molecule has 1 aromatic rings. The second-order valence-electron chi connectivity index (χ2n) is 4.51. The van der Waals surface area contributed by atoms with E-state index >= 15 is 0 Å². The van der Waals surface area contributed by atoms with Gasteiger partial charge in [-0.05, 0) is 43.9 Å². The van der Waals surface area contributed by atoms with Crippen LogP contribution in [0.1, 0.15) is 25.3 Å². The normalized spacial score (nSPS) is 14.7.